The van der Waals surface area contributed by atoms with Gasteiger partial charge in [-0.15, -0.1) is 11.3 Å². The second-order valence-electron chi connectivity index (χ2n) is 3.10. The molecule has 0 unspecified atom stereocenters. The minimum absolute atomic E-state index is 0.333. The second kappa shape index (κ2) is 4.81. The number of carboxylic acid groups (broad SMARTS) is 1. The normalized spacial score (nSPS) is 10.7. The summed E-state index contributed by atoms with van der Waals surface area (Å²) in [6.07, 6.45) is 0. The summed E-state index contributed by atoms with van der Waals surface area (Å²) in [5.74, 6) is -1.08. The minimum atomic E-state index is -1.08. The lowest BCUT2D eigenvalue weighted by Crippen LogP contribution is -2.19. The molecule has 0 bridgehead atoms. The average Bonchev–Trinajstić information content (AvgIpc) is 2.71. The first-order chi connectivity index (χ1) is 7.99. The topological polar surface area (TPSA) is 59.3 Å². The second-order valence-corrected chi connectivity index (χ2v) is 6.21. The van der Waals surface area contributed by atoms with Crippen molar-refractivity contribution in [3.05, 3.63) is 29.8 Å². The highest BCUT2D eigenvalue weighted by atomic mass is 35.5. The van der Waals surface area contributed by atoms with Gasteiger partial charge in [-0.2, -0.15) is 0 Å². The van der Waals surface area contributed by atoms with Crippen LogP contribution in [-0.2, 0) is 11.3 Å². The highest BCUT2D eigenvalue weighted by Crippen LogP contribution is 2.38. The maximum Gasteiger partial charge on any atom is 0.323 e. The predicted molar refractivity (Wildman–Crippen MR) is 69.5 cm³/mol. The molecule has 0 aliphatic rings. The molecule has 90 valence electrons. The van der Waals surface area contributed by atoms with Crippen LogP contribution in [0.1, 0.15) is 0 Å². The average molecular weight is 310 g/mol. The van der Waals surface area contributed by atoms with Gasteiger partial charge in [0.2, 0.25) is 0 Å². The number of rotatable bonds is 3. The fourth-order valence-corrected chi connectivity index (χ4v) is 3.58. The summed E-state index contributed by atoms with van der Waals surface area (Å²) in [5.41, 5.74) is 1.07. The van der Waals surface area contributed by atoms with Crippen LogP contribution in [0.25, 0.3) is 11.3 Å². The van der Waals surface area contributed by atoms with Crippen molar-refractivity contribution in [2.45, 2.75) is 6.54 Å². The zero-order valence-corrected chi connectivity index (χ0v) is 11.3. The number of halogens is 2. The number of hydrogen-bond acceptors (Lipinski definition) is 4. The fourth-order valence-electron chi connectivity index (χ4n) is 1.34. The van der Waals surface area contributed by atoms with Gasteiger partial charge in [0.25, 0.3) is 0 Å². The van der Waals surface area contributed by atoms with E-state index in [1.165, 1.54) is 11.3 Å². The van der Waals surface area contributed by atoms with Crippen LogP contribution in [0.15, 0.2) is 16.2 Å². The number of hydrogen-bond donors (Lipinski definition) is 1. The Morgan fingerprint density at radius 2 is 2.18 bits per heavy atom. The highest BCUT2D eigenvalue weighted by molar-refractivity contribution is 7.20. The first kappa shape index (κ1) is 12.6. The number of carboxylic acids is 1. The molecule has 2 heterocycles. The third-order valence-corrected chi connectivity index (χ3v) is 4.26. The van der Waals surface area contributed by atoms with Crippen LogP contribution < -0.4 is 4.87 Å². The van der Waals surface area contributed by atoms with Gasteiger partial charge in [-0.05, 0) is 6.07 Å². The molecule has 4 nitrogen and oxygen atoms in total. The summed E-state index contributed by atoms with van der Waals surface area (Å²) >= 11 is 13.9. The van der Waals surface area contributed by atoms with Crippen LogP contribution in [0.2, 0.25) is 8.67 Å². The molecular weight excluding hydrogens is 305 g/mol. The van der Waals surface area contributed by atoms with Crippen molar-refractivity contribution in [2.75, 3.05) is 0 Å². The molecule has 0 fully saturated rings. The molecule has 0 aromatic carbocycles. The molecule has 0 radical (unpaired) electrons. The van der Waals surface area contributed by atoms with E-state index in [0.717, 1.165) is 15.9 Å². The van der Waals surface area contributed by atoms with E-state index >= 15 is 0 Å². The molecule has 0 amide bonds. The molecular formula is C9H5Cl2NO3S2. The summed E-state index contributed by atoms with van der Waals surface area (Å²) in [7, 11) is 0. The van der Waals surface area contributed by atoms with Crippen molar-refractivity contribution in [3.8, 4) is 11.3 Å². The summed E-state index contributed by atoms with van der Waals surface area (Å²) < 4.78 is 2.09. The minimum Gasteiger partial charge on any atom is -0.480 e. The van der Waals surface area contributed by atoms with Crippen LogP contribution in [0.4, 0.5) is 0 Å². The molecule has 0 saturated heterocycles. The molecule has 0 spiro atoms. The molecule has 0 aliphatic heterocycles. The van der Waals surface area contributed by atoms with Gasteiger partial charge in [0.15, 0.2) is 0 Å². The van der Waals surface area contributed by atoms with Crippen molar-refractivity contribution in [1.82, 2.24) is 4.57 Å². The number of aliphatic carboxylic acids is 1. The van der Waals surface area contributed by atoms with Crippen molar-refractivity contribution >= 4 is 51.8 Å². The maximum atomic E-state index is 11.5. The maximum absolute atomic E-state index is 11.5. The van der Waals surface area contributed by atoms with Crippen molar-refractivity contribution in [2.24, 2.45) is 0 Å². The lowest BCUT2D eigenvalue weighted by Gasteiger charge is -2.03. The molecule has 0 atom stereocenters. The van der Waals surface area contributed by atoms with Crippen molar-refractivity contribution < 1.29 is 9.90 Å². The molecule has 2 aromatic heterocycles. The molecule has 2 aromatic rings. The SMILES string of the molecule is O=C(O)Cn1c(-c2cc(Cl)sc2Cl)csc1=O. The van der Waals surface area contributed by atoms with E-state index in [9.17, 15) is 9.59 Å². The smallest absolute Gasteiger partial charge is 0.323 e. The Balaban J connectivity index is 2.56. The molecule has 8 heteroatoms. The van der Waals surface area contributed by atoms with E-state index in [4.69, 9.17) is 28.3 Å². The van der Waals surface area contributed by atoms with E-state index < -0.39 is 5.97 Å². The van der Waals surface area contributed by atoms with Crippen LogP contribution in [0, 0.1) is 0 Å². The molecule has 0 aliphatic carbocycles. The van der Waals surface area contributed by atoms with Crippen LogP contribution >= 0.6 is 45.9 Å². The lowest BCUT2D eigenvalue weighted by atomic mass is 10.2. The van der Waals surface area contributed by atoms with Crippen LogP contribution in [-0.4, -0.2) is 15.6 Å². The zero-order valence-electron chi connectivity index (χ0n) is 8.15. The molecule has 17 heavy (non-hydrogen) atoms. The fraction of sp³-hybridized carbons (Fsp3) is 0.111. The van der Waals surface area contributed by atoms with Gasteiger partial charge in [0.1, 0.15) is 10.9 Å². The Labute approximate surface area is 114 Å². The predicted octanol–water partition coefficient (Wildman–Crippen LogP) is 3.03. The third kappa shape index (κ3) is 2.55. The summed E-state index contributed by atoms with van der Waals surface area (Å²) in [4.78, 5) is 21.9. The van der Waals surface area contributed by atoms with Gasteiger partial charge in [0.05, 0.1) is 10.0 Å². The molecule has 0 saturated carbocycles. The Morgan fingerprint density at radius 1 is 1.47 bits per heavy atom. The Bertz CT molecular complexity index is 628. The summed E-state index contributed by atoms with van der Waals surface area (Å²) in [6.45, 7) is -0.387. The largest absolute Gasteiger partial charge is 0.480 e. The van der Waals surface area contributed by atoms with E-state index in [-0.39, 0.29) is 11.4 Å². The third-order valence-electron chi connectivity index (χ3n) is 2.01. The Kier molecular flexibility index (Phi) is 3.58. The Hall–Kier alpha value is -0.820. The van der Waals surface area contributed by atoms with E-state index in [1.54, 1.807) is 11.4 Å². The number of thiophene rings is 1. The standard InChI is InChI=1S/C9H5Cl2NO3S2/c10-6-1-4(8(11)17-6)5-3-16-9(15)12(5)2-7(13)14/h1,3H,2H2,(H,13,14). The van der Waals surface area contributed by atoms with E-state index in [1.807, 2.05) is 0 Å². The first-order valence-corrected chi connectivity index (χ1v) is 6.79. The zero-order chi connectivity index (χ0) is 12.6. The first-order valence-electron chi connectivity index (χ1n) is 4.34. The number of carbonyl (C=O) groups is 1. The number of nitrogens with zero attached hydrogens (tertiary/aromatic N) is 1. The quantitative estimate of drug-likeness (QED) is 0.948. The number of thiazole rings is 1. The lowest BCUT2D eigenvalue weighted by molar-refractivity contribution is -0.137. The summed E-state index contributed by atoms with van der Waals surface area (Å²) in [6, 6.07) is 1.62. The van der Waals surface area contributed by atoms with E-state index in [2.05, 4.69) is 0 Å². The van der Waals surface area contributed by atoms with Crippen LogP contribution in [0.3, 0.4) is 0 Å². The van der Waals surface area contributed by atoms with Gasteiger partial charge in [-0.1, -0.05) is 34.5 Å². The van der Waals surface area contributed by atoms with Gasteiger partial charge in [0, 0.05) is 10.9 Å². The van der Waals surface area contributed by atoms with Gasteiger partial charge in [-0.25, -0.2) is 0 Å². The molecule has 1 N–H and O–H groups in total. The van der Waals surface area contributed by atoms with Gasteiger partial charge < -0.3 is 5.11 Å². The van der Waals surface area contributed by atoms with E-state index in [0.29, 0.717) is 19.9 Å². The monoisotopic (exact) mass is 309 g/mol. The number of aromatic nitrogens is 1. The van der Waals surface area contributed by atoms with Gasteiger partial charge >= 0.3 is 10.8 Å². The van der Waals surface area contributed by atoms with Gasteiger partial charge in [-0.3, -0.25) is 14.2 Å². The highest BCUT2D eigenvalue weighted by Gasteiger charge is 2.16. The summed E-state index contributed by atoms with van der Waals surface area (Å²) in [5, 5.41) is 10.3. The molecule has 2 rings (SSSR count). The van der Waals surface area contributed by atoms with Crippen molar-refractivity contribution in [3.63, 3.8) is 0 Å². The van der Waals surface area contributed by atoms with Crippen molar-refractivity contribution in [1.29, 1.82) is 0 Å². The van der Waals surface area contributed by atoms with Crippen LogP contribution in [0.5, 0.6) is 0 Å². The Morgan fingerprint density at radius 3 is 2.71 bits per heavy atom.